The molecule has 5 heteroatoms. The Morgan fingerprint density at radius 1 is 1.30 bits per heavy atom. The van der Waals surface area contributed by atoms with Crippen molar-refractivity contribution in [2.45, 2.75) is 45.1 Å². The van der Waals surface area contributed by atoms with Gasteiger partial charge in [0.15, 0.2) is 0 Å². The van der Waals surface area contributed by atoms with Gasteiger partial charge >= 0.3 is 5.97 Å². The molecule has 1 heterocycles. The summed E-state index contributed by atoms with van der Waals surface area (Å²) >= 11 is 0. The highest BCUT2D eigenvalue weighted by atomic mass is 19.1. The van der Waals surface area contributed by atoms with E-state index in [1.807, 2.05) is 6.92 Å². The van der Waals surface area contributed by atoms with Crippen molar-refractivity contribution in [3.05, 3.63) is 29.3 Å². The fourth-order valence-electron chi connectivity index (χ4n) is 2.86. The molecule has 1 aromatic rings. The van der Waals surface area contributed by atoms with Gasteiger partial charge in [-0.25, -0.2) is 13.6 Å². The lowest BCUT2D eigenvalue weighted by molar-refractivity contribution is 0.0695. The molecule has 3 nitrogen and oxygen atoms in total. The molecule has 1 atom stereocenters. The summed E-state index contributed by atoms with van der Waals surface area (Å²) in [5.41, 5.74) is -0.435. The maximum atomic E-state index is 14.2. The predicted octanol–water partition coefficient (Wildman–Crippen LogP) is 3.82. The maximum absolute atomic E-state index is 14.2. The van der Waals surface area contributed by atoms with Gasteiger partial charge in [0.1, 0.15) is 17.3 Å². The molecule has 1 unspecified atom stereocenters. The molecule has 20 heavy (non-hydrogen) atoms. The van der Waals surface area contributed by atoms with Crippen molar-refractivity contribution >= 4 is 11.7 Å². The van der Waals surface area contributed by atoms with Gasteiger partial charge in [0, 0.05) is 12.6 Å². The number of nitrogens with zero attached hydrogens (tertiary/aromatic N) is 1. The second-order valence-corrected chi connectivity index (χ2v) is 5.20. The Balaban J connectivity index is 2.42. The van der Waals surface area contributed by atoms with Crippen molar-refractivity contribution in [2.24, 2.45) is 0 Å². The van der Waals surface area contributed by atoms with E-state index in [9.17, 15) is 13.6 Å². The van der Waals surface area contributed by atoms with Crippen molar-refractivity contribution in [3.63, 3.8) is 0 Å². The molecule has 1 aliphatic rings. The second kappa shape index (κ2) is 6.20. The van der Waals surface area contributed by atoms with Gasteiger partial charge in [-0.2, -0.15) is 0 Å². The zero-order chi connectivity index (χ0) is 14.7. The van der Waals surface area contributed by atoms with Crippen molar-refractivity contribution in [3.8, 4) is 0 Å². The Kier molecular flexibility index (Phi) is 4.57. The fraction of sp³-hybridized carbons (Fsp3) is 0.533. The molecule has 0 saturated carbocycles. The van der Waals surface area contributed by atoms with Gasteiger partial charge in [-0.1, -0.05) is 19.8 Å². The third-order valence-corrected chi connectivity index (χ3v) is 3.90. The van der Waals surface area contributed by atoms with Gasteiger partial charge in [0.2, 0.25) is 0 Å². The van der Waals surface area contributed by atoms with E-state index >= 15 is 0 Å². The van der Waals surface area contributed by atoms with Crippen LogP contribution in [0.1, 0.15) is 49.4 Å². The number of benzene rings is 1. The van der Waals surface area contributed by atoms with Crippen molar-refractivity contribution in [1.29, 1.82) is 0 Å². The molecule has 110 valence electrons. The minimum absolute atomic E-state index is 0.0799. The van der Waals surface area contributed by atoms with Gasteiger partial charge in [-0.15, -0.1) is 0 Å². The van der Waals surface area contributed by atoms with Crippen LogP contribution in [0.5, 0.6) is 0 Å². The summed E-state index contributed by atoms with van der Waals surface area (Å²) in [4.78, 5) is 12.6. The summed E-state index contributed by atoms with van der Waals surface area (Å²) in [6.07, 6.45) is 4.75. The molecule has 0 amide bonds. The number of carboxylic acids is 1. The van der Waals surface area contributed by atoms with E-state index in [0.717, 1.165) is 44.2 Å². The Labute approximate surface area is 117 Å². The Morgan fingerprint density at radius 3 is 2.50 bits per heavy atom. The first-order chi connectivity index (χ1) is 9.54. The molecular formula is C15H19F2NO2. The topological polar surface area (TPSA) is 40.5 Å². The second-order valence-electron chi connectivity index (χ2n) is 5.20. The maximum Gasteiger partial charge on any atom is 0.335 e. The van der Waals surface area contributed by atoms with Crippen LogP contribution in [0.4, 0.5) is 14.5 Å². The SMILES string of the molecule is CCC1CCCCCN1c1c(F)cc(C(=O)O)cc1F. The standard InChI is InChI=1S/C15H19F2NO2/c1-2-11-6-4-3-5-7-18(11)14-12(16)8-10(15(19)20)9-13(14)17/h8-9,11H,2-7H2,1H3,(H,19,20). The van der Waals surface area contributed by atoms with Crippen LogP contribution in [0.2, 0.25) is 0 Å². The quantitative estimate of drug-likeness (QED) is 0.916. The van der Waals surface area contributed by atoms with Crippen LogP contribution >= 0.6 is 0 Å². The number of carboxylic acid groups (broad SMARTS) is 1. The van der Waals surface area contributed by atoms with Crippen molar-refractivity contribution < 1.29 is 18.7 Å². The van der Waals surface area contributed by atoms with Gasteiger partial charge in [0.25, 0.3) is 0 Å². The van der Waals surface area contributed by atoms with Crippen LogP contribution in [-0.4, -0.2) is 23.7 Å². The zero-order valence-corrected chi connectivity index (χ0v) is 11.5. The average Bonchev–Trinajstić information content (AvgIpc) is 2.63. The molecule has 0 radical (unpaired) electrons. The molecule has 1 fully saturated rings. The number of aromatic carboxylic acids is 1. The lowest BCUT2D eigenvalue weighted by Crippen LogP contribution is -2.35. The highest BCUT2D eigenvalue weighted by Gasteiger charge is 2.26. The lowest BCUT2D eigenvalue weighted by Gasteiger charge is -2.32. The van der Waals surface area contributed by atoms with E-state index in [2.05, 4.69) is 0 Å². The third-order valence-electron chi connectivity index (χ3n) is 3.90. The number of carbonyl (C=O) groups is 1. The molecule has 1 N–H and O–H groups in total. The first kappa shape index (κ1) is 14.8. The predicted molar refractivity (Wildman–Crippen MR) is 73.2 cm³/mol. The lowest BCUT2D eigenvalue weighted by atomic mass is 10.1. The summed E-state index contributed by atoms with van der Waals surface area (Å²) in [6.45, 7) is 2.61. The van der Waals surface area contributed by atoms with Crippen LogP contribution in [0, 0.1) is 11.6 Å². The molecule has 0 aliphatic carbocycles. The molecule has 1 saturated heterocycles. The number of anilines is 1. The number of halogens is 2. The summed E-state index contributed by atoms with van der Waals surface area (Å²) in [5.74, 6) is -2.90. The van der Waals surface area contributed by atoms with Gasteiger partial charge < -0.3 is 10.0 Å². The Morgan fingerprint density at radius 2 is 1.95 bits per heavy atom. The van der Waals surface area contributed by atoms with Gasteiger partial charge in [-0.3, -0.25) is 0 Å². The zero-order valence-electron chi connectivity index (χ0n) is 11.5. The van der Waals surface area contributed by atoms with Crippen LogP contribution in [0.15, 0.2) is 12.1 Å². The van der Waals surface area contributed by atoms with Crippen LogP contribution in [0.25, 0.3) is 0 Å². The molecule has 1 aliphatic heterocycles. The normalized spacial score (nSPS) is 19.8. The fourth-order valence-corrected chi connectivity index (χ4v) is 2.86. The average molecular weight is 283 g/mol. The minimum atomic E-state index is -1.32. The van der Waals surface area contributed by atoms with Crippen LogP contribution < -0.4 is 4.90 Å². The molecule has 0 spiro atoms. The van der Waals surface area contributed by atoms with E-state index in [1.54, 1.807) is 4.90 Å². The summed E-state index contributed by atoms with van der Waals surface area (Å²) in [7, 11) is 0. The molecule has 0 aromatic heterocycles. The van der Waals surface area contributed by atoms with Gasteiger partial charge in [-0.05, 0) is 31.4 Å². The number of hydrogen-bond acceptors (Lipinski definition) is 2. The molecule has 0 bridgehead atoms. The van der Waals surface area contributed by atoms with E-state index in [1.165, 1.54) is 0 Å². The number of rotatable bonds is 3. The van der Waals surface area contributed by atoms with Crippen LogP contribution in [-0.2, 0) is 0 Å². The van der Waals surface area contributed by atoms with Crippen molar-refractivity contribution in [1.82, 2.24) is 0 Å². The first-order valence-corrected chi connectivity index (χ1v) is 7.03. The largest absolute Gasteiger partial charge is 0.478 e. The monoisotopic (exact) mass is 283 g/mol. The van der Waals surface area contributed by atoms with Crippen LogP contribution in [0.3, 0.4) is 0 Å². The van der Waals surface area contributed by atoms with E-state index in [4.69, 9.17) is 5.11 Å². The Bertz CT molecular complexity index is 482. The molecular weight excluding hydrogens is 264 g/mol. The van der Waals surface area contributed by atoms with E-state index in [0.29, 0.717) is 6.54 Å². The minimum Gasteiger partial charge on any atom is -0.478 e. The van der Waals surface area contributed by atoms with Crippen molar-refractivity contribution in [2.75, 3.05) is 11.4 Å². The first-order valence-electron chi connectivity index (χ1n) is 7.03. The van der Waals surface area contributed by atoms with E-state index < -0.39 is 17.6 Å². The summed E-state index contributed by atoms with van der Waals surface area (Å²) in [5, 5.41) is 8.83. The highest BCUT2D eigenvalue weighted by molar-refractivity contribution is 5.88. The smallest absolute Gasteiger partial charge is 0.335 e. The molecule has 2 rings (SSSR count). The summed E-state index contributed by atoms with van der Waals surface area (Å²) < 4.78 is 28.3. The number of hydrogen-bond donors (Lipinski definition) is 1. The Hall–Kier alpha value is -1.65. The molecule has 1 aromatic carbocycles. The third kappa shape index (κ3) is 2.92. The highest BCUT2D eigenvalue weighted by Crippen LogP contribution is 2.31. The van der Waals surface area contributed by atoms with Gasteiger partial charge in [0.05, 0.1) is 5.56 Å². The summed E-state index contributed by atoms with van der Waals surface area (Å²) in [6, 6.07) is 1.91. The van der Waals surface area contributed by atoms with E-state index in [-0.39, 0.29) is 17.3 Å².